The summed E-state index contributed by atoms with van der Waals surface area (Å²) in [4.78, 5) is 3.96. The summed E-state index contributed by atoms with van der Waals surface area (Å²) in [6.07, 6.45) is 2.77. The van der Waals surface area contributed by atoms with E-state index in [1.165, 1.54) is 6.07 Å². The molecule has 136 valence electrons. The molecule has 26 heavy (non-hydrogen) atoms. The van der Waals surface area contributed by atoms with Gasteiger partial charge in [0.1, 0.15) is 0 Å². The van der Waals surface area contributed by atoms with Crippen molar-refractivity contribution in [3.05, 3.63) is 78.1 Å². The molecule has 0 fully saturated rings. The van der Waals surface area contributed by atoms with Gasteiger partial charge in [-0.1, -0.05) is 31.4 Å². The average Bonchev–Trinajstić information content (AvgIpc) is 2.60. The van der Waals surface area contributed by atoms with Crippen molar-refractivity contribution in [2.75, 3.05) is 0 Å². The SMILES string of the molecule is C=C(CCC(=C)c1ccc2c(c1)CC(F)(F)C(F)(F)C2)c1ccncc1. The first-order valence-electron chi connectivity index (χ1n) is 8.33. The Hall–Kier alpha value is -2.43. The van der Waals surface area contributed by atoms with Gasteiger partial charge in [-0.25, -0.2) is 0 Å². The molecule has 0 saturated heterocycles. The van der Waals surface area contributed by atoms with Crippen LogP contribution in [0.3, 0.4) is 0 Å². The molecule has 1 aromatic heterocycles. The summed E-state index contributed by atoms with van der Waals surface area (Å²) in [5.41, 5.74) is 3.93. The second-order valence-corrected chi connectivity index (χ2v) is 6.69. The largest absolute Gasteiger partial charge is 0.314 e. The first-order chi connectivity index (χ1) is 12.2. The number of nitrogens with zero attached hydrogens (tertiary/aromatic N) is 1. The minimum Gasteiger partial charge on any atom is -0.265 e. The summed E-state index contributed by atoms with van der Waals surface area (Å²) < 4.78 is 54.3. The number of hydrogen-bond donors (Lipinski definition) is 0. The number of halogens is 4. The molecule has 0 N–H and O–H groups in total. The lowest BCUT2D eigenvalue weighted by atomic mass is 9.84. The summed E-state index contributed by atoms with van der Waals surface area (Å²) in [7, 11) is 0. The molecule has 0 radical (unpaired) electrons. The van der Waals surface area contributed by atoms with Gasteiger partial charge in [0.25, 0.3) is 0 Å². The van der Waals surface area contributed by atoms with Gasteiger partial charge in [0, 0.05) is 25.2 Å². The Morgan fingerprint density at radius 2 is 1.35 bits per heavy atom. The molecule has 5 heteroatoms. The maximum atomic E-state index is 13.6. The van der Waals surface area contributed by atoms with E-state index in [-0.39, 0.29) is 11.1 Å². The van der Waals surface area contributed by atoms with E-state index in [9.17, 15) is 17.6 Å². The van der Waals surface area contributed by atoms with Crippen LogP contribution in [-0.4, -0.2) is 16.8 Å². The molecular formula is C21H19F4N. The van der Waals surface area contributed by atoms with Crippen molar-refractivity contribution < 1.29 is 17.6 Å². The lowest BCUT2D eigenvalue weighted by Crippen LogP contribution is -2.47. The number of fused-ring (bicyclic) bond motifs is 1. The van der Waals surface area contributed by atoms with Crippen LogP contribution in [0.15, 0.2) is 55.9 Å². The monoisotopic (exact) mass is 361 g/mol. The number of hydrogen-bond acceptors (Lipinski definition) is 1. The Bertz CT molecular complexity index is 840. The topological polar surface area (TPSA) is 12.9 Å². The Labute approximate surface area is 150 Å². The van der Waals surface area contributed by atoms with Crippen LogP contribution in [0.5, 0.6) is 0 Å². The van der Waals surface area contributed by atoms with Crippen molar-refractivity contribution in [3.8, 4) is 0 Å². The Balaban J connectivity index is 1.71. The fourth-order valence-electron chi connectivity index (χ4n) is 3.10. The third kappa shape index (κ3) is 3.57. The Kier molecular flexibility index (Phi) is 4.74. The van der Waals surface area contributed by atoms with Gasteiger partial charge in [0.2, 0.25) is 0 Å². The predicted octanol–water partition coefficient (Wildman–Crippen LogP) is 5.96. The highest BCUT2D eigenvalue weighted by atomic mass is 19.3. The summed E-state index contributed by atoms with van der Waals surface area (Å²) in [6.45, 7) is 8.06. The molecule has 0 unspecified atom stereocenters. The molecule has 1 aliphatic rings. The van der Waals surface area contributed by atoms with Gasteiger partial charge < -0.3 is 0 Å². The quantitative estimate of drug-likeness (QED) is 0.599. The van der Waals surface area contributed by atoms with Crippen LogP contribution < -0.4 is 0 Å². The summed E-state index contributed by atoms with van der Waals surface area (Å²) in [5.74, 6) is -8.02. The normalized spacial score (nSPS) is 17.4. The number of pyridine rings is 1. The van der Waals surface area contributed by atoms with Crippen molar-refractivity contribution in [2.45, 2.75) is 37.5 Å². The molecule has 3 rings (SSSR count). The van der Waals surface area contributed by atoms with Gasteiger partial charge in [-0.15, -0.1) is 0 Å². The van der Waals surface area contributed by atoms with Crippen LogP contribution in [-0.2, 0) is 12.8 Å². The number of benzene rings is 1. The molecule has 0 bridgehead atoms. The van der Waals surface area contributed by atoms with Gasteiger partial charge in [0.05, 0.1) is 0 Å². The second-order valence-electron chi connectivity index (χ2n) is 6.69. The third-order valence-electron chi connectivity index (χ3n) is 4.79. The van der Waals surface area contributed by atoms with E-state index in [0.717, 1.165) is 16.7 Å². The molecule has 0 saturated carbocycles. The van der Waals surface area contributed by atoms with E-state index in [0.29, 0.717) is 18.4 Å². The smallest absolute Gasteiger partial charge is 0.265 e. The van der Waals surface area contributed by atoms with Crippen LogP contribution in [0.2, 0.25) is 0 Å². The lowest BCUT2D eigenvalue weighted by Gasteiger charge is -2.32. The molecule has 1 heterocycles. The van der Waals surface area contributed by atoms with Crippen LogP contribution in [0.1, 0.15) is 35.1 Å². The Morgan fingerprint density at radius 1 is 0.808 bits per heavy atom. The van der Waals surface area contributed by atoms with Gasteiger partial charge in [0.15, 0.2) is 0 Å². The first-order valence-corrected chi connectivity index (χ1v) is 8.33. The zero-order valence-electron chi connectivity index (χ0n) is 14.2. The first kappa shape index (κ1) is 18.4. The van der Waals surface area contributed by atoms with Crippen LogP contribution >= 0.6 is 0 Å². The standard InChI is InChI=1S/C21H19F4N/c1-14(16-7-9-26-10-8-16)3-4-15(2)17-5-6-18-12-20(22,23)21(24,25)13-19(18)11-17/h5-11H,1-4,12-13H2. The number of alkyl halides is 4. The maximum Gasteiger partial charge on any atom is 0.314 e. The lowest BCUT2D eigenvalue weighted by molar-refractivity contribution is -0.211. The van der Waals surface area contributed by atoms with E-state index in [4.69, 9.17) is 0 Å². The highest BCUT2D eigenvalue weighted by Crippen LogP contribution is 2.44. The molecule has 0 amide bonds. The van der Waals surface area contributed by atoms with Crippen molar-refractivity contribution in [3.63, 3.8) is 0 Å². The summed E-state index contributed by atoms with van der Waals surface area (Å²) >= 11 is 0. The van der Waals surface area contributed by atoms with Crippen LogP contribution in [0, 0.1) is 0 Å². The predicted molar refractivity (Wildman–Crippen MR) is 95.3 cm³/mol. The molecule has 2 aromatic rings. The van der Waals surface area contributed by atoms with E-state index in [1.807, 2.05) is 12.1 Å². The Morgan fingerprint density at radius 3 is 1.96 bits per heavy atom. The minimum absolute atomic E-state index is 0.271. The van der Waals surface area contributed by atoms with E-state index >= 15 is 0 Å². The van der Waals surface area contributed by atoms with Gasteiger partial charge in [-0.3, -0.25) is 4.98 Å². The molecule has 1 aromatic carbocycles. The number of allylic oxidation sites excluding steroid dienone is 2. The fraction of sp³-hybridized carbons (Fsp3) is 0.286. The average molecular weight is 361 g/mol. The molecular weight excluding hydrogens is 342 g/mol. The van der Waals surface area contributed by atoms with Crippen molar-refractivity contribution in [1.82, 2.24) is 4.98 Å². The molecule has 0 atom stereocenters. The summed E-state index contributed by atoms with van der Waals surface area (Å²) in [6, 6.07) is 8.49. The van der Waals surface area contributed by atoms with E-state index in [1.54, 1.807) is 24.5 Å². The molecule has 0 aliphatic heterocycles. The zero-order valence-corrected chi connectivity index (χ0v) is 14.2. The minimum atomic E-state index is -4.02. The third-order valence-corrected chi connectivity index (χ3v) is 4.79. The molecule has 1 nitrogen and oxygen atoms in total. The van der Waals surface area contributed by atoms with Crippen molar-refractivity contribution >= 4 is 11.1 Å². The molecule has 1 aliphatic carbocycles. The zero-order chi connectivity index (χ0) is 18.9. The fourth-order valence-corrected chi connectivity index (χ4v) is 3.10. The number of rotatable bonds is 5. The highest BCUT2D eigenvalue weighted by Gasteiger charge is 2.58. The van der Waals surface area contributed by atoms with Gasteiger partial charge >= 0.3 is 11.8 Å². The second kappa shape index (κ2) is 6.71. The van der Waals surface area contributed by atoms with Gasteiger partial charge in [-0.05, 0) is 58.4 Å². The van der Waals surface area contributed by atoms with Crippen molar-refractivity contribution in [2.24, 2.45) is 0 Å². The summed E-state index contributed by atoms with van der Waals surface area (Å²) in [5, 5.41) is 0. The van der Waals surface area contributed by atoms with Crippen LogP contribution in [0.25, 0.3) is 11.1 Å². The van der Waals surface area contributed by atoms with Gasteiger partial charge in [-0.2, -0.15) is 17.6 Å². The maximum absolute atomic E-state index is 13.6. The van der Waals surface area contributed by atoms with Crippen molar-refractivity contribution in [1.29, 1.82) is 0 Å². The van der Waals surface area contributed by atoms with E-state index < -0.39 is 24.7 Å². The highest BCUT2D eigenvalue weighted by molar-refractivity contribution is 5.69. The van der Waals surface area contributed by atoms with E-state index in [2.05, 4.69) is 18.1 Å². The van der Waals surface area contributed by atoms with Crippen LogP contribution in [0.4, 0.5) is 17.6 Å². The number of aromatic nitrogens is 1. The molecule has 0 spiro atoms.